The highest BCUT2D eigenvalue weighted by atomic mass is 19.4. The Bertz CT molecular complexity index is 60.5. The third-order valence-corrected chi connectivity index (χ3v) is 0.470. The Hall–Kier alpha value is -0.250. The SMILES string of the molecule is CC.CCOCC(F)(F)F. The van der Waals surface area contributed by atoms with Crippen LogP contribution in [0.1, 0.15) is 20.8 Å². The zero-order valence-electron chi connectivity index (χ0n) is 6.46. The maximum atomic E-state index is 11.1. The van der Waals surface area contributed by atoms with Gasteiger partial charge in [-0.3, -0.25) is 0 Å². The van der Waals surface area contributed by atoms with Crippen molar-refractivity contribution in [1.82, 2.24) is 0 Å². The third-order valence-electron chi connectivity index (χ3n) is 0.470. The molecule has 0 amide bonds. The van der Waals surface area contributed by atoms with Crippen LogP contribution in [0.2, 0.25) is 0 Å². The minimum Gasteiger partial charge on any atom is -0.372 e. The Balaban J connectivity index is 0. The minimum atomic E-state index is -4.17. The summed E-state index contributed by atoms with van der Waals surface area (Å²) in [4.78, 5) is 0. The van der Waals surface area contributed by atoms with Gasteiger partial charge in [-0.05, 0) is 6.92 Å². The Kier molecular flexibility index (Phi) is 8.53. The van der Waals surface area contributed by atoms with Crippen molar-refractivity contribution in [3.8, 4) is 0 Å². The molecule has 0 aliphatic heterocycles. The van der Waals surface area contributed by atoms with Gasteiger partial charge in [0.2, 0.25) is 0 Å². The summed E-state index contributed by atoms with van der Waals surface area (Å²) in [5.74, 6) is 0. The molecule has 0 saturated heterocycles. The van der Waals surface area contributed by atoms with E-state index in [1.54, 1.807) is 0 Å². The molecule has 1 nitrogen and oxygen atoms in total. The van der Waals surface area contributed by atoms with Crippen LogP contribution >= 0.6 is 0 Å². The molecule has 0 rings (SSSR count). The molecule has 0 fully saturated rings. The van der Waals surface area contributed by atoms with Gasteiger partial charge in [-0.1, -0.05) is 13.8 Å². The van der Waals surface area contributed by atoms with E-state index in [2.05, 4.69) is 4.74 Å². The van der Waals surface area contributed by atoms with Crippen molar-refractivity contribution in [3.63, 3.8) is 0 Å². The lowest BCUT2D eigenvalue weighted by Crippen LogP contribution is -2.16. The summed E-state index contributed by atoms with van der Waals surface area (Å²) < 4.78 is 37.4. The monoisotopic (exact) mass is 158 g/mol. The van der Waals surface area contributed by atoms with Gasteiger partial charge in [-0.15, -0.1) is 0 Å². The molecule has 0 radical (unpaired) electrons. The van der Waals surface area contributed by atoms with Crippen LogP contribution in [0.25, 0.3) is 0 Å². The van der Waals surface area contributed by atoms with Crippen molar-refractivity contribution >= 4 is 0 Å². The molecule has 0 spiro atoms. The molecule has 10 heavy (non-hydrogen) atoms. The number of ether oxygens (including phenoxy) is 1. The average molecular weight is 158 g/mol. The predicted molar refractivity (Wildman–Crippen MR) is 33.9 cm³/mol. The second kappa shape index (κ2) is 6.86. The molecule has 64 valence electrons. The van der Waals surface area contributed by atoms with Crippen LogP contribution in [0.5, 0.6) is 0 Å². The minimum absolute atomic E-state index is 0.111. The molecule has 0 aliphatic carbocycles. The average Bonchev–Trinajstić information content (AvgIpc) is 1.87. The van der Waals surface area contributed by atoms with Crippen LogP contribution in [0.3, 0.4) is 0 Å². The Morgan fingerprint density at radius 3 is 1.70 bits per heavy atom. The molecule has 0 unspecified atom stereocenters. The lowest BCUT2D eigenvalue weighted by molar-refractivity contribution is -0.172. The normalized spacial score (nSPS) is 10.2. The number of hydrogen-bond donors (Lipinski definition) is 0. The van der Waals surface area contributed by atoms with Gasteiger partial charge in [0.1, 0.15) is 6.61 Å². The van der Waals surface area contributed by atoms with Crippen LogP contribution in [0.15, 0.2) is 0 Å². The van der Waals surface area contributed by atoms with Gasteiger partial charge >= 0.3 is 6.18 Å². The summed E-state index contributed by atoms with van der Waals surface area (Å²) >= 11 is 0. The highest BCUT2D eigenvalue weighted by molar-refractivity contribution is 4.43. The van der Waals surface area contributed by atoms with Gasteiger partial charge in [-0.25, -0.2) is 0 Å². The van der Waals surface area contributed by atoms with Crippen LogP contribution < -0.4 is 0 Å². The van der Waals surface area contributed by atoms with Gasteiger partial charge < -0.3 is 4.74 Å². The Morgan fingerprint density at radius 1 is 1.20 bits per heavy atom. The Labute approximate surface area is 59.2 Å². The van der Waals surface area contributed by atoms with E-state index in [4.69, 9.17) is 0 Å². The predicted octanol–water partition coefficient (Wildman–Crippen LogP) is 2.61. The summed E-state index contributed by atoms with van der Waals surface area (Å²) in [5.41, 5.74) is 0. The zero-order chi connectivity index (χ0) is 8.62. The largest absolute Gasteiger partial charge is 0.411 e. The fourth-order valence-electron chi connectivity index (χ4n) is 0.218. The van der Waals surface area contributed by atoms with E-state index < -0.39 is 12.8 Å². The molecule has 0 bridgehead atoms. The fourth-order valence-corrected chi connectivity index (χ4v) is 0.218. The second-order valence-corrected chi connectivity index (χ2v) is 1.25. The summed E-state index contributed by atoms with van der Waals surface area (Å²) in [6.07, 6.45) is -4.17. The molecule has 0 aromatic carbocycles. The van der Waals surface area contributed by atoms with Crippen molar-refractivity contribution in [2.24, 2.45) is 0 Å². The van der Waals surface area contributed by atoms with Gasteiger partial charge in [0.15, 0.2) is 0 Å². The van der Waals surface area contributed by atoms with E-state index in [9.17, 15) is 13.2 Å². The third kappa shape index (κ3) is 15.7. The zero-order valence-corrected chi connectivity index (χ0v) is 6.46. The molecule has 0 saturated carbocycles. The van der Waals surface area contributed by atoms with Crippen molar-refractivity contribution in [3.05, 3.63) is 0 Å². The maximum absolute atomic E-state index is 11.1. The van der Waals surface area contributed by atoms with Gasteiger partial charge in [0.25, 0.3) is 0 Å². The maximum Gasteiger partial charge on any atom is 0.411 e. The fraction of sp³-hybridized carbons (Fsp3) is 1.00. The van der Waals surface area contributed by atoms with Gasteiger partial charge in [0.05, 0.1) is 0 Å². The van der Waals surface area contributed by atoms with Crippen LogP contribution in [-0.4, -0.2) is 19.4 Å². The highest BCUT2D eigenvalue weighted by Gasteiger charge is 2.26. The van der Waals surface area contributed by atoms with Crippen molar-refractivity contribution in [1.29, 1.82) is 0 Å². The molecule has 4 heteroatoms. The molecule has 0 aliphatic rings. The van der Waals surface area contributed by atoms with Crippen molar-refractivity contribution in [2.75, 3.05) is 13.2 Å². The van der Waals surface area contributed by atoms with Gasteiger partial charge in [0, 0.05) is 6.61 Å². The smallest absolute Gasteiger partial charge is 0.372 e. The summed E-state index contributed by atoms with van der Waals surface area (Å²) in [6, 6.07) is 0. The van der Waals surface area contributed by atoms with Gasteiger partial charge in [-0.2, -0.15) is 13.2 Å². The number of rotatable bonds is 2. The molecule has 0 aromatic rings. The molecule has 0 N–H and O–H groups in total. The van der Waals surface area contributed by atoms with Crippen molar-refractivity contribution in [2.45, 2.75) is 26.9 Å². The summed E-state index contributed by atoms with van der Waals surface area (Å²) in [6.45, 7) is 4.49. The van der Waals surface area contributed by atoms with E-state index in [0.29, 0.717) is 0 Å². The first-order valence-electron chi connectivity index (χ1n) is 3.20. The number of halogens is 3. The first kappa shape index (κ1) is 12.4. The highest BCUT2D eigenvalue weighted by Crippen LogP contribution is 2.13. The second-order valence-electron chi connectivity index (χ2n) is 1.25. The summed E-state index contributed by atoms with van der Waals surface area (Å²) in [5, 5.41) is 0. The lowest BCUT2D eigenvalue weighted by Gasteiger charge is -2.03. The van der Waals surface area contributed by atoms with Crippen LogP contribution in [0, 0.1) is 0 Å². The van der Waals surface area contributed by atoms with E-state index in [0.717, 1.165) is 0 Å². The molecule has 0 aromatic heterocycles. The van der Waals surface area contributed by atoms with Crippen molar-refractivity contribution < 1.29 is 17.9 Å². The van der Waals surface area contributed by atoms with E-state index in [-0.39, 0.29) is 6.61 Å². The number of alkyl halides is 3. The quantitative estimate of drug-likeness (QED) is 0.600. The Morgan fingerprint density at radius 2 is 1.60 bits per heavy atom. The lowest BCUT2D eigenvalue weighted by atomic mass is 10.7. The van der Waals surface area contributed by atoms with E-state index >= 15 is 0 Å². The molecule has 0 heterocycles. The standard InChI is InChI=1S/C4H7F3O.C2H6/c1-2-8-3-4(5,6)7;1-2/h2-3H2,1H3;1-2H3. The summed E-state index contributed by atoms with van der Waals surface area (Å²) in [7, 11) is 0. The molecular formula is C6H13F3O. The van der Waals surface area contributed by atoms with E-state index in [1.165, 1.54) is 6.92 Å². The molecular weight excluding hydrogens is 145 g/mol. The first-order chi connectivity index (χ1) is 4.56. The number of hydrogen-bond acceptors (Lipinski definition) is 1. The van der Waals surface area contributed by atoms with E-state index in [1.807, 2.05) is 13.8 Å². The van der Waals surface area contributed by atoms with Crippen LogP contribution in [-0.2, 0) is 4.74 Å². The van der Waals surface area contributed by atoms with Crippen LogP contribution in [0.4, 0.5) is 13.2 Å². The topological polar surface area (TPSA) is 9.23 Å². The molecule has 0 atom stereocenters. The first-order valence-corrected chi connectivity index (χ1v) is 3.20.